The van der Waals surface area contributed by atoms with Crippen molar-refractivity contribution >= 4 is 44.8 Å². The summed E-state index contributed by atoms with van der Waals surface area (Å²) in [6, 6.07) is 3.09. The van der Waals surface area contributed by atoms with Crippen LogP contribution in [0.5, 0.6) is 6.01 Å². The van der Waals surface area contributed by atoms with E-state index in [0.29, 0.717) is 28.6 Å². The number of benzene rings is 1. The minimum atomic E-state index is -3.74. The molecule has 1 fully saturated rings. The highest BCUT2D eigenvalue weighted by molar-refractivity contribution is 7.89. The number of aryl methyl sites for hydroxylation is 1. The monoisotopic (exact) mass is 421 g/mol. The van der Waals surface area contributed by atoms with Crippen LogP contribution in [0.3, 0.4) is 0 Å². The van der Waals surface area contributed by atoms with Crippen LogP contribution in [0.4, 0.5) is 0 Å². The number of aromatic nitrogens is 2. The number of nitrogens with zero attached hydrogens (tertiary/aromatic N) is 3. The van der Waals surface area contributed by atoms with Gasteiger partial charge in [0.2, 0.25) is 10.0 Å². The molecule has 6 nitrogen and oxygen atoms in total. The highest BCUT2D eigenvalue weighted by Gasteiger charge is 2.35. The molecule has 1 saturated heterocycles. The first-order valence-corrected chi connectivity index (χ1v) is 9.95. The van der Waals surface area contributed by atoms with Crippen LogP contribution < -0.4 is 4.74 Å². The highest BCUT2D eigenvalue weighted by atomic mass is 35.5. The van der Waals surface area contributed by atoms with Gasteiger partial charge in [-0.05, 0) is 31.0 Å². The largest absolute Gasteiger partial charge is 0.459 e. The van der Waals surface area contributed by atoms with E-state index in [1.807, 2.05) is 0 Å². The zero-order chi connectivity index (χ0) is 18.2. The van der Waals surface area contributed by atoms with Crippen LogP contribution >= 0.6 is 34.8 Å². The molecule has 2 aromatic rings. The Morgan fingerprint density at radius 1 is 1.16 bits per heavy atom. The molecule has 1 aromatic heterocycles. The van der Waals surface area contributed by atoms with Gasteiger partial charge in [0.1, 0.15) is 11.0 Å². The van der Waals surface area contributed by atoms with E-state index in [0.717, 1.165) is 0 Å². The van der Waals surface area contributed by atoms with Crippen LogP contribution in [0.1, 0.15) is 12.0 Å². The van der Waals surface area contributed by atoms with Crippen molar-refractivity contribution in [2.45, 2.75) is 24.3 Å². The first kappa shape index (κ1) is 18.7. The van der Waals surface area contributed by atoms with E-state index >= 15 is 0 Å². The summed E-state index contributed by atoms with van der Waals surface area (Å²) in [5.74, 6) is 0. The van der Waals surface area contributed by atoms with Crippen LogP contribution in [0, 0.1) is 6.92 Å². The third-order valence-corrected chi connectivity index (χ3v) is 6.74. The van der Waals surface area contributed by atoms with Crippen molar-refractivity contribution < 1.29 is 13.2 Å². The van der Waals surface area contributed by atoms with Gasteiger partial charge in [-0.15, -0.1) is 0 Å². The SMILES string of the molecule is Cc1cc(S(=O)(=O)N2CC[C@H](Oc3ncc(Cl)cn3)C2)c(Cl)cc1Cl. The van der Waals surface area contributed by atoms with Crippen LogP contribution in [-0.2, 0) is 10.0 Å². The third-order valence-electron chi connectivity index (χ3n) is 3.81. The Morgan fingerprint density at radius 2 is 1.84 bits per heavy atom. The summed E-state index contributed by atoms with van der Waals surface area (Å²) in [6.45, 7) is 2.23. The molecular formula is C15H14Cl3N3O3S. The van der Waals surface area contributed by atoms with Crippen molar-refractivity contribution in [3.05, 3.63) is 45.2 Å². The topological polar surface area (TPSA) is 72.4 Å². The summed E-state index contributed by atoms with van der Waals surface area (Å²) >= 11 is 17.8. The molecule has 0 N–H and O–H groups in total. The minimum Gasteiger partial charge on any atom is -0.459 e. The molecule has 0 spiro atoms. The lowest BCUT2D eigenvalue weighted by Crippen LogP contribution is -2.31. The van der Waals surface area contributed by atoms with E-state index < -0.39 is 10.0 Å². The Hall–Kier alpha value is -1.12. The van der Waals surface area contributed by atoms with Crippen LogP contribution in [-0.4, -0.2) is 41.9 Å². The fraction of sp³-hybridized carbons (Fsp3) is 0.333. The number of halogens is 3. The van der Waals surface area contributed by atoms with Crippen molar-refractivity contribution in [2.75, 3.05) is 13.1 Å². The maximum absolute atomic E-state index is 12.9. The van der Waals surface area contributed by atoms with Crippen molar-refractivity contribution in [3.8, 4) is 6.01 Å². The second-order valence-electron chi connectivity index (χ2n) is 5.61. The predicted molar refractivity (Wildman–Crippen MR) is 96.0 cm³/mol. The Kier molecular flexibility index (Phi) is 5.41. The van der Waals surface area contributed by atoms with Gasteiger partial charge in [-0.25, -0.2) is 18.4 Å². The van der Waals surface area contributed by atoms with Gasteiger partial charge in [0.25, 0.3) is 0 Å². The number of sulfonamides is 1. The molecule has 1 aromatic carbocycles. The maximum Gasteiger partial charge on any atom is 0.316 e. The molecule has 134 valence electrons. The van der Waals surface area contributed by atoms with Gasteiger partial charge in [0, 0.05) is 11.6 Å². The molecule has 0 bridgehead atoms. The highest BCUT2D eigenvalue weighted by Crippen LogP contribution is 2.32. The lowest BCUT2D eigenvalue weighted by atomic mass is 10.2. The van der Waals surface area contributed by atoms with Gasteiger partial charge < -0.3 is 4.74 Å². The smallest absolute Gasteiger partial charge is 0.316 e. The van der Waals surface area contributed by atoms with E-state index in [1.54, 1.807) is 6.92 Å². The third kappa shape index (κ3) is 4.01. The quantitative estimate of drug-likeness (QED) is 0.753. The molecule has 1 aliphatic heterocycles. The summed E-state index contributed by atoms with van der Waals surface area (Å²) in [5.41, 5.74) is 0.645. The Bertz CT molecular complexity index is 891. The molecule has 0 amide bonds. The van der Waals surface area contributed by atoms with Crippen LogP contribution in [0.2, 0.25) is 15.1 Å². The summed E-state index contributed by atoms with van der Waals surface area (Å²) < 4.78 is 32.7. The van der Waals surface area contributed by atoms with E-state index in [4.69, 9.17) is 39.5 Å². The second kappa shape index (κ2) is 7.25. The van der Waals surface area contributed by atoms with Crippen molar-refractivity contribution in [3.63, 3.8) is 0 Å². The second-order valence-corrected chi connectivity index (χ2v) is 8.76. The zero-order valence-electron chi connectivity index (χ0n) is 13.1. The number of ether oxygens (including phenoxy) is 1. The number of hydrogen-bond donors (Lipinski definition) is 0. The Labute approximate surface area is 160 Å². The van der Waals surface area contributed by atoms with E-state index in [2.05, 4.69) is 9.97 Å². The fourth-order valence-corrected chi connectivity index (χ4v) is 4.88. The van der Waals surface area contributed by atoms with Gasteiger partial charge in [-0.1, -0.05) is 34.8 Å². The molecule has 0 radical (unpaired) electrons. The molecule has 1 aliphatic rings. The summed E-state index contributed by atoms with van der Waals surface area (Å²) in [6.07, 6.45) is 3.02. The standard InChI is InChI=1S/C15H14Cl3N3O3S/c1-9-4-14(13(18)5-12(9)17)25(22,23)21-3-2-11(8-21)24-15-19-6-10(16)7-20-15/h4-7,11H,2-3,8H2,1H3/t11-/m0/s1. The molecule has 25 heavy (non-hydrogen) atoms. The molecule has 0 aliphatic carbocycles. The average molecular weight is 423 g/mol. The lowest BCUT2D eigenvalue weighted by Gasteiger charge is -2.18. The number of hydrogen-bond acceptors (Lipinski definition) is 5. The van der Waals surface area contributed by atoms with E-state index in [1.165, 1.54) is 28.8 Å². The lowest BCUT2D eigenvalue weighted by molar-refractivity contribution is 0.197. The summed E-state index contributed by atoms with van der Waals surface area (Å²) in [7, 11) is -3.74. The van der Waals surface area contributed by atoms with Gasteiger partial charge in [-0.3, -0.25) is 0 Å². The van der Waals surface area contributed by atoms with Crippen LogP contribution in [0.15, 0.2) is 29.4 Å². The first-order chi connectivity index (χ1) is 11.8. The van der Waals surface area contributed by atoms with Gasteiger partial charge in [0.05, 0.1) is 29.0 Å². The van der Waals surface area contributed by atoms with E-state index in [-0.39, 0.29) is 28.6 Å². The summed E-state index contributed by atoms with van der Waals surface area (Å²) in [4.78, 5) is 7.95. The van der Waals surface area contributed by atoms with Crippen molar-refractivity contribution in [1.29, 1.82) is 0 Å². The Balaban J connectivity index is 1.76. The van der Waals surface area contributed by atoms with Crippen molar-refractivity contribution in [1.82, 2.24) is 14.3 Å². The zero-order valence-corrected chi connectivity index (χ0v) is 16.2. The fourth-order valence-electron chi connectivity index (χ4n) is 2.49. The molecule has 2 heterocycles. The van der Waals surface area contributed by atoms with Gasteiger partial charge in [0.15, 0.2) is 0 Å². The van der Waals surface area contributed by atoms with E-state index in [9.17, 15) is 8.42 Å². The Morgan fingerprint density at radius 3 is 2.52 bits per heavy atom. The first-order valence-electron chi connectivity index (χ1n) is 7.37. The number of rotatable bonds is 4. The van der Waals surface area contributed by atoms with Crippen molar-refractivity contribution in [2.24, 2.45) is 0 Å². The maximum atomic E-state index is 12.9. The minimum absolute atomic E-state index is 0.0412. The molecule has 10 heteroatoms. The van der Waals surface area contributed by atoms with Crippen LogP contribution in [0.25, 0.3) is 0 Å². The molecule has 0 unspecified atom stereocenters. The molecular weight excluding hydrogens is 409 g/mol. The summed E-state index contributed by atoms with van der Waals surface area (Å²) in [5, 5.41) is 0.920. The molecule has 1 atom stereocenters. The van der Waals surface area contributed by atoms with Gasteiger partial charge in [-0.2, -0.15) is 4.31 Å². The molecule has 3 rings (SSSR count). The predicted octanol–water partition coefficient (Wildman–Crippen LogP) is 3.59. The van der Waals surface area contributed by atoms with Gasteiger partial charge >= 0.3 is 6.01 Å². The molecule has 0 saturated carbocycles. The normalized spacial score (nSPS) is 18.5. The average Bonchev–Trinajstić information content (AvgIpc) is 3.02.